The van der Waals surface area contributed by atoms with Crippen molar-refractivity contribution in [3.05, 3.63) is 16.1 Å². The molecule has 0 radical (unpaired) electrons. The quantitative estimate of drug-likeness (QED) is 0.781. The van der Waals surface area contributed by atoms with E-state index in [0.717, 1.165) is 17.1 Å². The molecule has 0 aliphatic heterocycles. The van der Waals surface area contributed by atoms with Crippen molar-refractivity contribution in [3.8, 4) is 0 Å². The number of thiazole rings is 1. The maximum absolute atomic E-state index is 9.26. The molecule has 2 unspecified atom stereocenters. The van der Waals surface area contributed by atoms with Gasteiger partial charge in [-0.2, -0.15) is 0 Å². The summed E-state index contributed by atoms with van der Waals surface area (Å²) in [5.74, 6) is 0.298. The maximum Gasteiger partial charge on any atom is 0.0897 e. The molecule has 0 aromatic carbocycles. The molecule has 0 saturated carbocycles. The molecule has 0 amide bonds. The second kappa shape index (κ2) is 4.01. The van der Waals surface area contributed by atoms with Crippen molar-refractivity contribution in [3.63, 3.8) is 0 Å². The van der Waals surface area contributed by atoms with Gasteiger partial charge in [0, 0.05) is 5.38 Å². The highest BCUT2D eigenvalue weighted by Crippen LogP contribution is 2.14. The Hall–Kier alpha value is -0.410. The van der Waals surface area contributed by atoms with Crippen LogP contribution < -0.4 is 0 Å². The Balaban J connectivity index is 2.52. The molecule has 1 aromatic heterocycles. The van der Waals surface area contributed by atoms with Gasteiger partial charge < -0.3 is 5.11 Å². The van der Waals surface area contributed by atoms with E-state index in [1.54, 1.807) is 11.3 Å². The van der Waals surface area contributed by atoms with Crippen LogP contribution >= 0.6 is 11.3 Å². The van der Waals surface area contributed by atoms with E-state index in [9.17, 15) is 5.11 Å². The van der Waals surface area contributed by atoms with Crippen LogP contribution in [0.2, 0.25) is 0 Å². The molecule has 2 nitrogen and oxygen atoms in total. The average Bonchev–Trinajstić information content (AvgIpc) is 2.35. The van der Waals surface area contributed by atoms with Gasteiger partial charge in [0.2, 0.25) is 0 Å². The summed E-state index contributed by atoms with van der Waals surface area (Å²) in [5, 5.41) is 12.4. The van der Waals surface area contributed by atoms with Crippen LogP contribution in [0.4, 0.5) is 0 Å². The van der Waals surface area contributed by atoms with Crippen LogP contribution in [0.5, 0.6) is 0 Å². The summed E-state index contributed by atoms with van der Waals surface area (Å²) < 4.78 is 0. The van der Waals surface area contributed by atoms with Gasteiger partial charge >= 0.3 is 0 Å². The molecule has 0 aliphatic carbocycles. The molecule has 68 valence electrons. The molecule has 0 saturated heterocycles. The lowest BCUT2D eigenvalue weighted by molar-refractivity contribution is 0.134. The summed E-state index contributed by atoms with van der Waals surface area (Å²) in [5.41, 5.74) is 1.10. The normalized spacial score (nSPS) is 16.0. The number of aliphatic hydroxyl groups excluding tert-OH is 1. The summed E-state index contributed by atoms with van der Waals surface area (Å²) in [6.45, 7) is 5.87. The highest BCUT2D eigenvalue weighted by molar-refractivity contribution is 7.09. The van der Waals surface area contributed by atoms with Crippen molar-refractivity contribution in [2.45, 2.75) is 33.3 Å². The first-order chi connectivity index (χ1) is 5.59. The highest BCUT2D eigenvalue weighted by atomic mass is 32.1. The van der Waals surface area contributed by atoms with Gasteiger partial charge in [0.05, 0.1) is 16.8 Å². The number of nitrogens with zero attached hydrogens (tertiary/aromatic N) is 1. The molecule has 0 fully saturated rings. The van der Waals surface area contributed by atoms with Crippen LogP contribution in [-0.4, -0.2) is 16.2 Å². The second-order valence-corrected chi connectivity index (χ2v) is 4.34. The minimum atomic E-state index is -0.244. The lowest BCUT2D eigenvalue weighted by atomic mass is 10.0. The van der Waals surface area contributed by atoms with Crippen molar-refractivity contribution < 1.29 is 5.11 Å². The zero-order valence-corrected chi connectivity index (χ0v) is 8.56. The van der Waals surface area contributed by atoms with E-state index in [1.165, 1.54) is 0 Å². The van der Waals surface area contributed by atoms with E-state index in [2.05, 4.69) is 10.4 Å². The van der Waals surface area contributed by atoms with Crippen LogP contribution in [0.3, 0.4) is 0 Å². The first kappa shape index (κ1) is 9.68. The minimum Gasteiger partial charge on any atom is -0.393 e. The maximum atomic E-state index is 9.26. The van der Waals surface area contributed by atoms with Crippen molar-refractivity contribution in [2.75, 3.05) is 0 Å². The fraction of sp³-hybridized carbons (Fsp3) is 0.667. The van der Waals surface area contributed by atoms with Crippen molar-refractivity contribution in [1.29, 1.82) is 0 Å². The van der Waals surface area contributed by atoms with E-state index < -0.39 is 0 Å². The summed E-state index contributed by atoms with van der Waals surface area (Å²) in [6.07, 6.45) is 0.633. The number of aromatic nitrogens is 1. The molecule has 1 heterocycles. The van der Waals surface area contributed by atoms with Gasteiger partial charge in [0.25, 0.3) is 0 Å². The van der Waals surface area contributed by atoms with Gasteiger partial charge in [-0.25, -0.2) is 4.98 Å². The monoisotopic (exact) mass is 185 g/mol. The SMILES string of the molecule is Cc1nc(CC(C)C(C)O)cs1. The number of aliphatic hydroxyl groups is 1. The van der Waals surface area contributed by atoms with Gasteiger partial charge in [-0.3, -0.25) is 0 Å². The van der Waals surface area contributed by atoms with E-state index in [1.807, 2.05) is 20.8 Å². The first-order valence-electron chi connectivity index (χ1n) is 4.18. The van der Waals surface area contributed by atoms with Gasteiger partial charge in [0.15, 0.2) is 0 Å². The Bertz CT molecular complexity index is 244. The highest BCUT2D eigenvalue weighted by Gasteiger charge is 2.10. The molecule has 0 aliphatic rings. The summed E-state index contributed by atoms with van der Waals surface area (Å²) in [6, 6.07) is 0. The molecular weight excluding hydrogens is 170 g/mol. The first-order valence-corrected chi connectivity index (χ1v) is 5.06. The number of hydrogen-bond acceptors (Lipinski definition) is 3. The van der Waals surface area contributed by atoms with E-state index in [4.69, 9.17) is 0 Å². The molecule has 1 aromatic rings. The van der Waals surface area contributed by atoms with Crippen molar-refractivity contribution >= 4 is 11.3 Å². The number of rotatable bonds is 3. The predicted octanol–water partition coefficient (Wildman–Crippen LogP) is 2.01. The molecular formula is C9H15NOS. The van der Waals surface area contributed by atoms with E-state index in [0.29, 0.717) is 5.92 Å². The van der Waals surface area contributed by atoms with Crippen LogP contribution in [0, 0.1) is 12.8 Å². The molecule has 2 atom stereocenters. The molecule has 3 heteroatoms. The third kappa shape index (κ3) is 2.57. The zero-order valence-electron chi connectivity index (χ0n) is 7.74. The largest absolute Gasteiger partial charge is 0.393 e. The molecule has 12 heavy (non-hydrogen) atoms. The topological polar surface area (TPSA) is 33.1 Å². The Kier molecular flexibility index (Phi) is 3.23. The lowest BCUT2D eigenvalue weighted by Crippen LogP contribution is -2.15. The third-order valence-corrected chi connectivity index (χ3v) is 2.84. The lowest BCUT2D eigenvalue weighted by Gasteiger charge is -2.12. The average molecular weight is 185 g/mol. The van der Waals surface area contributed by atoms with Crippen LogP contribution in [-0.2, 0) is 6.42 Å². The molecule has 1 N–H and O–H groups in total. The Morgan fingerprint density at radius 3 is 2.67 bits per heavy atom. The van der Waals surface area contributed by atoms with Gasteiger partial charge in [-0.15, -0.1) is 11.3 Å². The standard InChI is InChI=1S/C9H15NOS/c1-6(7(2)11)4-9-5-12-8(3)10-9/h5-7,11H,4H2,1-3H3. The van der Waals surface area contributed by atoms with Crippen molar-refractivity contribution in [1.82, 2.24) is 4.98 Å². The Morgan fingerprint density at radius 2 is 2.25 bits per heavy atom. The van der Waals surface area contributed by atoms with E-state index in [-0.39, 0.29) is 6.10 Å². The number of aryl methyl sites for hydroxylation is 1. The summed E-state index contributed by atoms with van der Waals surface area (Å²) >= 11 is 1.67. The van der Waals surface area contributed by atoms with Crippen LogP contribution in [0.15, 0.2) is 5.38 Å². The molecule has 0 bridgehead atoms. The van der Waals surface area contributed by atoms with Crippen LogP contribution in [0.1, 0.15) is 24.5 Å². The Labute approximate surface area is 77.3 Å². The van der Waals surface area contributed by atoms with Crippen LogP contribution in [0.25, 0.3) is 0 Å². The second-order valence-electron chi connectivity index (χ2n) is 3.28. The smallest absolute Gasteiger partial charge is 0.0897 e. The molecule has 0 spiro atoms. The fourth-order valence-electron chi connectivity index (χ4n) is 1.00. The molecule has 1 rings (SSSR count). The fourth-order valence-corrected chi connectivity index (χ4v) is 1.63. The summed E-state index contributed by atoms with van der Waals surface area (Å²) in [7, 11) is 0. The van der Waals surface area contributed by atoms with Gasteiger partial charge in [-0.05, 0) is 26.2 Å². The summed E-state index contributed by atoms with van der Waals surface area (Å²) in [4.78, 5) is 4.34. The number of hydrogen-bond donors (Lipinski definition) is 1. The van der Waals surface area contributed by atoms with Crippen molar-refractivity contribution in [2.24, 2.45) is 5.92 Å². The zero-order chi connectivity index (χ0) is 9.14. The minimum absolute atomic E-state index is 0.244. The Morgan fingerprint density at radius 1 is 1.58 bits per heavy atom. The predicted molar refractivity (Wildman–Crippen MR) is 51.4 cm³/mol. The third-order valence-electron chi connectivity index (χ3n) is 2.02. The van der Waals surface area contributed by atoms with Gasteiger partial charge in [0.1, 0.15) is 0 Å². The van der Waals surface area contributed by atoms with E-state index >= 15 is 0 Å². The van der Waals surface area contributed by atoms with Gasteiger partial charge in [-0.1, -0.05) is 6.92 Å².